The molecule has 0 bridgehead atoms. The number of benzene rings is 2. The van der Waals surface area contributed by atoms with Crippen LogP contribution >= 0.6 is 0 Å². The fourth-order valence-corrected chi connectivity index (χ4v) is 3.46. The summed E-state index contributed by atoms with van der Waals surface area (Å²) < 4.78 is 30.3. The minimum atomic E-state index is -0.735. The van der Waals surface area contributed by atoms with E-state index in [1.807, 2.05) is 0 Å². The molecule has 3 N–H and O–H groups in total. The third-order valence-electron chi connectivity index (χ3n) is 6.28. The highest BCUT2D eigenvalue weighted by Gasteiger charge is 2.13. The van der Waals surface area contributed by atoms with Crippen LogP contribution < -0.4 is 18.9 Å². The van der Waals surface area contributed by atoms with Gasteiger partial charge in [-0.25, -0.2) is 14.4 Å². The Morgan fingerprint density at radius 1 is 0.625 bits per heavy atom. The Bertz CT molecular complexity index is 1890. The third kappa shape index (κ3) is 18.3. The molecule has 2 aromatic rings. The molecule has 16 heteroatoms. The van der Waals surface area contributed by atoms with Crippen LogP contribution in [0.15, 0.2) is 84.0 Å². The van der Waals surface area contributed by atoms with Crippen molar-refractivity contribution in [2.75, 3.05) is 53.9 Å². The van der Waals surface area contributed by atoms with Crippen molar-refractivity contribution in [1.29, 1.82) is 10.5 Å². The summed E-state index contributed by atoms with van der Waals surface area (Å²) in [5.41, 5.74) is 1.50. The van der Waals surface area contributed by atoms with Crippen LogP contribution in [0, 0.1) is 22.7 Å². The van der Waals surface area contributed by atoms with E-state index in [-0.39, 0.29) is 48.7 Å². The predicted octanol–water partition coefficient (Wildman–Crippen LogP) is 3.40. The number of aliphatic hydroxyl groups excluding tert-OH is 3. The molecule has 0 saturated heterocycles. The summed E-state index contributed by atoms with van der Waals surface area (Å²) in [5.74, 6) is -1.56. The molecule has 0 saturated carbocycles. The van der Waals surface area contributed by atoms with E-state index < -0.39 is 42.7 Å². The third-order valence-corrected chi connectivity index (χ3v) is 6.28. The maximum atomic E-state index is 11.4. The fraction of sp³-hybridized carbons (Fsp3) is 0.275. The highest BCUT2D eigenvalue weighted by molar-refractivity contribution is 6.04. The maximum Gasteiger partial charge on any atom is 0.340 e. The summed E-state index contributed by atoms with van der Waals surface area (Å²) in [5, 5.41) is 44.1. The van der Waals surface area contributed by atoms with E-state index in [0.29, 0.717) is 39.7 Å². The Labute approximate surface area is 324 Å². The van der Waals surface area contributed by atoms with E-state index in [1.54, 1.807) is 55.5 Å². The number of esters is 3. The Hall–Kier alpha value is -6.85. The molecule has 16 nitrogen and oxygen atoms in total. The summed E-state index contributed by atoms with van der Waals surface area (Å²) in [6, 6.07) is 13.1. The fourth-order valence-electron chi connectivity index (χ4n) is 3.46. The summed E-state index contributed by atoms with van der Waals surface area (Å²) >= 11 is 0. The number of nitrogens with zero attached hydrogens (tertiary/aromatic N) is 2. The second kappa shape index (κ2) is 26.8. The first-order valence-corrected chi connectivity index (χ1v) is 16.2. The smallest absolute Gasteiger partial charge is 0.340 e. The number of aliphatic hydroxyl groups is 3. The molecular weight excluding hydrogens is 732 g/mol. The molecule has 56 heavy (non-hydrogen) atoms. The van der Waals surface area contributed by atoms with Crippen molar-refractivity contribution in [2.24, 2.45) is 0 Å². The summed E-state index contributed by atoms with van der Waals surface area (Å²) in [6.07, 6.45) is 2.70. The van der Waals surface area contributed by atoms with Crippen LogP contribution in [0.3, 0.4) is 0 Å². The van der Waals surface area contributed by atoms with Gasteiger partial charge >= 0.3 is 17.9 Å². The summed E-state index contributed by atoms with van der Waals surface area (Å²) in [4.78, 5) is 55.3. The average molecular weight is 777 g/mol. The van der Waals surface area contributed by atoms with E-state index in [1.165, 1.54) is 40.2 Å². The van der Waals surface area contributed by atoms with Gasteiger partial charge in [-0.05, 0) is 68.3 Å². The van der Waals surface area contributed by atoms with Crippen LogP contribution in [-0.2, 0) is 33.4 Å². The topological polar surface area (TPSA) is 249 Å². The number of nitriles is 2. The number of carbonyl (C=O) groups excluding carboxylic acids is 5. The number of Topliss-reactive ketones (excluding diaryl/α,β-unsaturated/α-hetero) is 2. The zero-order valence-electron chi connectivity index (χ0n) is 31.7. The molecule has 0 aliphatic rings. The van der Waals surface area contributed by atoms with Gasteiger partial charge in [0.25, 0.3) is 0 Å². The molecule has 0 fully saturated rings. The Morgan fingerprint density at radius 2 is 1.02 bits per heavy atom. The lowest BCUT2D eigenvalue weighted by molar-refractivity contribution is -0.154. The van der Waals surface area contributed by atoms with Gasteiger partial charge in [-0.1, -0.05) is 31.9 Å². The molecule has 2 aromatic carbocycles. The predicted molar refractivity (Wildman–Crippen MR) is 202 cm³/mol. The summed E-state index contributed by atoms with van der Waals surface area (Å²) in [6.45, 7) is 13.3. The summed E-state index contributed by atoms with van der Waals surface area (Å²) in [7, 11) is 2.90. The average Bonchev–Trinajstić information content (AvgIpc) is 3.19. The first-order chi connectivity index (χ1) is 26.5. The molecule has 0 radical (unpaired) electrons. The SMILES string of the molecule is C=C(C)C(=O)OC(=O)C(=C)C.C=C(C)C(=O)OCCOc1ccc(/C=C(\C#N)C(=O)CO)cc1OC.COc1cc(/C=C(\C#N)C(=O)CO)ccc1OCCO. The molecule has 0 aromatic heterocycles. The highest BCUT2D eigenvalue weighted by Crippen LogP contribution is 2.30. The highest BCUT2D eigenvalue weighted by atomic mass is 16.6. The molecule has 0 atom stereocenters. The number of methoxy groups -OCH3 is 2. The maximum absolute atomic E-state index is 11.4. The van der Waals surface area contributed by atoms with E-state index in [2.05, 4.69) is 24.5 Å². The Balaban J connectivity index is 0.000000871. The molecule has 298 valence electrons. The molecular formula is C40H44N2O14. The van der Waals surface area contributed by atoms with E-state index in [0.717, 1.165) is 0 Å². The van der Waals surface area contributed by atoms with Gasteiger partial charge in [-0.3, -0.25) is 9.59 Å². The molecule has 0 amide bonds. The molecule has 0 spiro atoms. The number of ether oxygens (including phenoxy) is 6. The second-order valence-corrected chi connectivity index (χ2v) is 10.9. The van der Waals surface area contributed by atoms with Gasteiger partial charge in [0.2, 0.25) is 0 Å². The Kier molecular flexibility index (Phi) is 23.6. The number of ketones is 2. The number of hydrogen-bond donors (Lipinski definition) is 3. The van der Waals surface area contributed by atoms with Crippen molar-refractivity contribution in [1.82, 2.24) is 0 Å². The molecule has 0 aliphatic carbocycles. The van der Waals surface area contributed by atoms with Gasteiger partial charge in [0.1, 0.15) is 45.2 Å². The van der Waals surface area contributed by atoms with Crippen molar-refractivity contribution in [3.63, 3.8) is 0 Å². The van der Waals surface area contributed by atoms with Crippen LogP contribution in [0.2, 0.25) is 0 Å². The van der Waals surface area contributed by atoms with Gasteiger partial charge < -0.3 is 43.7 Å². The quantitative estimate of drug-likeness (QED) is 0.0645. The van der Waals surface area contributed by atoms with Crippen LogP contribution in [0.4, 0.5) is 0 Å². The van der Waals surface area contributed by atoms with Crippen LogP contribution in [0.25, 0.3) is 12.2 Å². The zero-order valence-corrected chi connectivity index (χ0v) is 31.7. The lowest BCUT2D eigenvalue weighted by Gasteiger charge is -2.11. The van der Waals surface area contributed by atoms with E-state index in [4.69, 9.17) is 49.5 Å². The van der Waals surface area contributed by atoms with Gasteiger partial charge in [-0.2, -0.15) is 10.5 Å². The monoisotopic (exact) mass is 776 g/mol. The minimum Gasteiger partial charge on any atom is -0.493 e. The zero-order chi connectivity index (χ0) is 42.8. The number of carbonyl (C=O) groups is 5. The van der Waals surface area contributed by atoms with Crippen LogP contribution in [0.5, 0.6) is 23.0 Å². The van der Waals surface area contributed by atoms with Crippen molar-refractivity contribution >= 4 is 41.6 Å². The van der Waals surface area contributed by atoms with Crippen molar-refractivity contribution in [3.8, 4) is 35.1 Å². The van der Waals surface area contributed by atoms with Crippen LogP contribution in [-0.4, -0.2) is 98.7 Å². The van der Waals surface area contributed by atoms with Crippen LogP contribution in [0.1, 0.15) is 31.9 Å². The second-order valence-electron chi connectivity index (χ2n) is 10.9. The number of hydrogen-bond acceptors (Lipinski definition) is 16. The molecule has 0 unspecified atom stereocenters. The molecule has 0 aliphatic heterocycles. The van der Waals surface area contributed by atoms with Gasteiger partial charge in [-0.15, -0.1) is 0 Å². The standard InChI is InChI=1S/C18H19NO6.C14H15NO5.C8H10O3/c1-12(2)18(22)25-7-6-24-16-5-4-13(9-17(16)23-3)8-14(10-19)15(21)11-20;1-19-14-7-10(2-3-13(14)20-5-4-16)6-11(8-15)12(18)9-17;1-5(2)7(9)11-8(10)6(3)4/h4-5,8-9,20H,1,6-7,11H2,2-3H3;2-3,6-7,16-17H,4-5,9H2,1H3;1,3H2,2,4H3/b14-8+;11-6+;. The molecule has 0 heterocycles. The van der Waals surface area contributed by atoms with Crippen molar-refractivity contribution < 1.29 is 67.7 Å². The van der Waals surface area contributed by atoms with Crippen molar-refractivity contribution in [3.05, 3.63) is 95.1 Å². The minimum absolute atomic E-state index is 0.0556. The first kappa shape index (κ1) is 49.1. The largest absolute Gasteiger partial charge is 0.493 e. The van der Waals surface area contributed by atoms with E-state index in [9.17, 15) is 24.0 Å². The van der Waals surface area contributed by atoms with E-state index >= 15 is 0 Å². The lowest BCUT2D eigenvalue weighted by Crippen LogP contribution is -2.12. The van der Waals surface area contributed by atoms with Gasteiger partial charge in [0.15, 0.2) is 34.6 Å². The number of rotatable bonds is 18. The molecule has 2 rings (SSSR count). The first-order valence-electron chi connectivity index (χ1n) is 16.2. The van der Waals surface area contributed by atoms with Crippen molar-refractivity contribution in [2.45, 2.75) is 20.8 Å². The van der Waals surface area contributed by atoms with Gasteiger partial charge in [0.05, 0.1) is 32.0 Å². The normalized spacial score (nSPS) is 10.2. The lowest BCUT2D eigenvalue weighted by atomic mass is 10.1. The Morgan fingerprint density at radius 3 is 1.34 bits per heavy atom. The van der Waals surface area contributed by atoms with Gasteiger partial charge in [0, 0.05) is 16.7 Å².